The van der Waals surface area contributed by atoms with E-state index in [-0.39, 0.29) is 11.8 Å². The summed E-state index contributed by atoms with van der Waals surface area (Å²) in [5.74, 6) is 0.939. The molecule has 3 rings (SSSR count). The number of anilines is 1. The summed E-state index contributed by atoms with van der Waals surface area (Å²) in [6.45, 7) is 8.43. The zero-order valence-corrected chi connectivity index (χ0v) is 17.4. The summed E-state index contributed by atoms with van der Waals surface area (Å²) in [5, 5.41) is 0. The van der Waals surface area contributed by atoms with Crippen LogP contribution in [0.3, 0.4) is 0 Å². The molecule has 1 aliphatic carbocycles. The van der Waals surface area contributed by atoms with Crippen molar-refractivity contribution in [3.63, 3.8) is 0 Å². The molecule has 0 spiro atoms. The monoisotopic (exact) mass is 387 g/mol. The number of hydrogen-bond donors (Lipinski definition) is 0. The molecule has 2 amide bonds. The first-order valence-electron chi connectivity index (χ1n) is 10.5. The van der Waals surface area contributed by atoms with E-state index in [1.807, 2.05) is 28.0 Å². The van der Waals surface area contributed by atoms with E-state index in [4.69, 9.17) is 4.74 Å². The van der Waals surface area contributed by atoms with Crippen molar-refractivity contribution in [2.45, 2.75) is 39.5 Å². The predicted molar refractivity (Wildman–Crippen MR) is 111 cm³/mol. The molecule has 1 saturated carbocycles. The summed E-state index contributed by atoms with van der Waals surface area (Å²) in [7, 11) is 1.68. The van der Waals surface area contributed by atoms with Gasteiger partial charge in [-0.05, 0) is 37.8 Å². The number of carbonyl (C=O) groups excluding carboxylic acids is 2. The molecule has 1 aromatic carbocycles. The zero-order chi connectivity index (χ0) is 20.1. The number of para-hydroxylation sites is 2. The Kier molecular flexibility index (Phi) is 6.47. The quantitative estimate of drug-likeness (QED) is 0.644. The Hall–Kier alpha value is -2.24. The van der Waals surface area contributed by atoms with Gasteiger partial charge in [-0.2, -0.15) is 0 Å². The molecule has 6 heteroatoms. The first-order valence-corrected chi connectivity index (χ1v) is 10.5. The fraction of sp³-hybridized carbons (Fsp3) is 0.636. The minimum absolute atomic E-state index is 0.0365. The molecular weight excluding hydrogens is 354 g/mol. The molecule has 28 heavy (non-hydrogen) atoms. The summed E-state index contributed by atoms with van der Waals surface area (Å²) < 4.78 is 5.47. The van der Waals surface area contributed by atoms with Crippen LogP contribution >= 0.6 is 0 Å². The first-order chi connectivity index (χ1) is 13.6. The van der Waals surface area contributed by atoms with Crippen molar-refractivity contribution in [3.05, 3.63) is 24.3 Å². The highest BCUT2D eigenvalue weighted by Gasteiger charge is 2.59. The highest BCUT2D eigenvalue weighted by molar-refractivity contribution is 6.08. The average Bonchev–Trinajstić information content (AvgIpc) is 3.54. The van der Waals surface area contributed by atoms with Crippen LogP contribution in [0.1, 0.15) is 39.5 Å². The fourth-order valence-corrected chi connectivity index (χ4v) is 4.15. The lowest BCUT2D eigenvalue weighted by molar-refractivity contribution is -0.149. The lowest BCUT2D eigenvalue weighted by Crippen LogP contribution is -2.54. The number of piperazine rings is 1. The van der Waals surface area contributed by atoms with Gasteiger partial charge in [-0.25, -0.2) is 0 Å². The van der Waals surface area contributed by atoms with Gasteiger partial charge in [-0.1, -0.05) is 26.0 Å². The normalized spacial score (nSPS) is 18.0. The topological polar surface area (TPSA) is 53.1 Å². The van der Waals surface area contributed by atoms with E-state index in [1.54, 1.807) is 7.11 Å². The molecule has 154 valence electrons. The van der Waals surface area contributed by atoms with Crippen LogP contribution < -0.4 is 9.64 Å². The van der Waals surface area contributed by atoms with Gasteiger partial charge in [0.1, 0.15) is 11.2 Å². The Morgan fingerprint density at radius 1 is 1.04 bits per heavy atom. The second-order valence-electron chi connectivity index (χ2n) is 7.83. The third kappa shape index (κ3) is 3.96. The molecule has 1 aromatic rings. The number of ether oxygens (including phenoxy) is 1. The van der Waals surface area contributed by atoms with Crippen LogP contribution in [0.2, 0.25) is 0 Å². The van der Waals surface area contributed by atoms with Gasteiger partial charge in [0.2, 0.25) is 11.8 Å². The van der Waals surface area contributed by atoms with Gasteiger partial charge in [0.05, 0.1) is 12.8 Å². The van der Waals surface area contributed by atoms with Gasteiger partial charge in [0, 0.05) is 39.3 Å². The molecule has 0 atom stereocenters. The number of methoxy groups -OCH3 is 1. The Balaban J connectivity index is 1.64. The molecule has 0 radical (unpaired) electrons. The van der Waals surface area contributed by atoms with Crippen molar-refractivity contribution in [3.8, 4) is 5.75 Å². The summed E-state index contributed by atoms with van der Waals surface area (Å²) >= 11 is 0. The summed E-state index contributed by atoms with van der Waals surface area (Å²) in [4.78, 5) is 32.4. The van der Waals surface area contributed by atoms with E-state index in [0.717, 1.165) is 50.5 Å². The minimum atomic E-state index is -0.781. The van der Waals surface area contributed by atoms with E-state index in [1.165, 1.54) is 0 Å². The molecule has 1 aliphatic heterocycles. The van der Waals surface area contributed by atoms with Crippen LogP contribution in [-0.4, -0.2) is 68.0 Å². The Morgan fingerprint density at radius 2 is 1.64 bits per heavy atom. The Morgan fingerprint density at radius 3 is 2.18 bits per heavy atom. The van der Waals surface area contributed by atoms with Crippen molar-refractivity contribution < 1.29 is 14.3 Å². The van der Waals surface area contributed by atoms with Crippen molar-refractivity contribution in [2.75, 3.05) is 51.3 Å². The largest absolute Gasteiger partial charge is 0.495 e. The average molecular weight is 388 g/mol. The van der Waals surface area contributed by atoms with Gasteiger partial charge in [-0.3, -0.25) is 9.59 Å². The van der Waals surface area contributed by atoms with Gasteiger partial charge >= 0.3 is 0 Å². The minimum Gasteiger partial charge on any atom is -0.495 e. The Labute approximate surface area is 168 Å². The molecular formula is C22H33N3O3. The van der Waals surface area contributed by atoms with Gasteiger partial charge in [0.15, 0.2) is 0 Å². The lowest BCUT2D eigenvalue weighted by Gasteiger charge is -2.38. The maximum absolute atomic E-state index is 13.2. The predicted octanol–water partition coefficient (Wildman–Crippen LogP) is 2.77. The van der Waals surface area contributed by atoms with E-state index in [9.17, 15) is 9.59 Å². The number of hydrogen-bond acceptors (Lipinski definition) is 4. The molecule has 2 aliphatic rings. The number of benzene rings is 1. The van der Waals surface area contributed by atoms with Crippen molar-refractivity contribution in [1.29, 1.82) is 0 Å². The highest BCUT2D eigenvalue weighted by atomic mass is 16.5. The van der Waals surface area contributed by atoms with Crippen LogP contribution in [0.5, 0.6) is 5.75 Å². The van der Waals surface area contributed by atoms with E-state index in [0.29, 0.717) is 25.9 Å². The summed E-state index contributed by atoms with van der Waals surface area (Å²) in [6, 6.07) is 7.97. The molecule has 0 unspecified atom stereocenters. The van der Waals surface area contributed by atoms with Crippen LogP contribution in [-0.2, 0) is 9.59 Å². The van der Waals surface area contributed by atoms with Gasteiger partial charge < -0.3 is 19.4 Å². The van der Waals surface area contributed by atoms with Gasteiger partial charge in [0.25, 0.3) is 0 Å². The van der Waals surface area contributed by atoms with E-state index < -0.39 is 5.41 Å². The van der Waals surface area contributed by atoms with Crippen LogP contribution in [0.15, 0.2) is 24.3 Å². The van der Waals surface area contributed by atoms with Crippen molar-refractivity contribution in [1.82, 2.24) is 9.80 Å². The maximum atomic E-state index is 13.2. The highest BCUT2D eigenvalue weighted by Crippen LogP contribution is 2.49. The molecule has 0 aromatic heterocycles. The van der Waals surface area contributed by atoms with Crippen molar-refractivity contribution in [2.24, 2.45) is 5.41 Å². The Bertz CT molecular complexity index is 688. The number of amides is 2. The molecule has 0 N–H and O–H groups in total. The molecule has 2 fully saturated rings. The second kappa shape index (κ2) is 8.84. The standard InChI is InChI=1S/C22H33N3O3/c1-4-12-24(13-5-2)20(26)22(10-11-22)21(27)25-16-14-23(15-17-25)18-8-6-7-9-19(18)28-3/h6-9H,4-5,10-17H2,1-3H3. The SMILES string of the molecule is CCCN(CCC)C(=O)C1(C(=O)N2CCN(c3ccccc3OC)CC2)CC1. The fourth-order valence-electron chi connectivity index (χ4n) is 4.15. The molecule has 6 nitrogen and oxygen atoms in total. The van der Waals surface area contributed by atoms with Crippen LogP contribution in [0, 0.1) is 5.41 Å². The molecule has 1 heterocycles. The zero-order valence-electron chi connectivity index (χ0n) is 17.4. The van der Waals surface area contributed by atoms with E-state index >= 15 is 0 Å². The number of nitrogens with zero attached hydrogens (tertiary/aromatic N) is 3. The third-order valence-electron chi connectivity index (χ3n) is 5.84. The van der Waals surface area contributed by atoms with Gasteiger partial charge in [-0.15, -0.1) is 0 Å². The number of rotatable bonds is 8. The molecule has 1 saturated heterocycles. The van der Waals surface area contributed by atoms with Crippen LogP contribution in [0.25, 0.3) is 0 Å². The summed E-state index contributed by atoms with van der Waals surface area (Å²) in [5.41, 5.74) is 0.281. The molecule has 0 bridgehead atoms. The lowest BCUT2D eigenvalue weighted by atomic mass is 10.0. The number of carbonyl (C=O) groups is 2. The third-order valence-corrected chi connectivity index (χ3v) is 5.84. The smallest absolute Gasteiger partial charge is 0.238 e. The van der Waals surface area contributed by atoms with Crippen molar-refractivity contribution >= 4 is 17.5 Å². The van der Waals surface area contributed by atoms with Crippen LogP contribution in [0.4, 0.5) is 5.69 Å². The summed E-state index contributed by atoms with van der Waals surface area (Å²) in [6.07, 6.45) is 3.24. The maximum Gasteiger partial charge on any atom is 0.238 e. The first kappa shape index (κ1) is 20.5. The van der Waals surface area contributed by atoms with E-state index in [2.05, 4.69) is 24.8 Å². The second-order valence-corrected chi connectivity index (χ2v) is 7.83.